The number of hydrogen-bond acceptors (Lipinski definition) is 4. The SMILES string of the molecule is CC(C)(C)OC(=O)N1CCC(CNc2cccc(C(N)=O)c2)CC1. The Labute approximate surface area is 143 Å². The highest BCUT2D eigenvalue weighted by atomic mass is 16.6. The minimum absolute atomic E-state index is 0.233. The van der Waals surface area contributed by atoms with Crippen LogP contribution in [0.3, 0.4) is 0 Å². The number of rotatable bonds is 4. The first-order chi connectivity index (χ1) is 11.2. The molecule has 1 aromatic carbocycles. The van der Waals surface area contributed by atoms with Crippen LogP contribution in [0, 0.1) is 5.92 Å². The number of nitrogens with one attached hydrogen (secondary N) is 1. The largest absolute Gasteiger partial charge is 0.444 e. The molecule has 1 heterocycles. The lowest BCUT2D eigenvalue weighted by Gasteiger charge is -2.33. The molecule has 1 aromatic rings. The van der Waals surface area contributed by atoms with Crippen molar-refractivity contribution in [1.82, 2.24) is 4.90 Å². The molecule has 24 heavy (non-hydrogen) atoms. The molecule has 1 aliphatic rings. The minimum atomic E-state index is -0.457. The highest BCUT2D eigenvalue weighted by Crippen LogP contribution is 2.20. The Balaban J connectivity index is 1.78. The van der Waals surface area contributed by atoms with E-state index in [4.69, 9.17) is 10.5 Å². The second-order valence-electron chi connectivity index (χ2n) is 7.24. The molecule has 0 atom stereocenters. The lowest BCUT2D eigenvalue weighted by atomic mass is 9.97. The van der Waals surface area contributed by atoms with E-state index in [9.17, 15) is 9.59 Å². The number of nitrogens with zero attached hydrogens (tertiary/aromatic N) is 1. The average molecular weight is 333 g/mol. The molecule has 0 unspecified atom stereocenters. The molecule has 6 nitrogen and oxygen atoms in total. The van der Waals surface area contributed by atoms with Gasteiger partial charge in [-0.3, -0.25) is 4.79 Å². The van der Waals surface area contributed by atoms with Crippen molar-refractivity contribution < 1.29 is 14.3 Å². The number of amides is 2. The van der Waals surface area contributed by atoms with Gasteiger partial charge in [-0.15, -0.1) is 0 Å². The Hall–Kier alpha value is -2.24. The van der Waals surface area contributed by atoms with Gasteiger partial charge in [0.15, 0.2) is 0 Å². The van der Waals surface area contributed by atoms with Crippen LogP contribution in [0.5, 0.6) is 0 Å². The fourth-order valence-corrected chi connectivity index (χ4v) is 2.69. The number of anilines is 1. The average Bonchev–Trinajstić information content (AvgIpc) is 2.52. The number of likely N-dealkylation sites (tertiary alicyclic amines) is 1. The lowest BCUT2D eigenvalue weighted by molar-refractivity contribution is 0.0188. The predicted molar refractivity (Wildman–Crippen MR) is 94.0 cm³/mol. The number of hydrogen-bond donors (Lipinski definition) is 2. The number of nitrogens with two attached hydrogens (primary N) is 1. The van der Waals surface area contributed by atoms with E-state index in [2.05, 4.69) is 5.32 Å². The van der Waals surface area contributed by atoms with E-state index in [0.717, 1.165) is 25.1 Å². The second-order valence-corrected chi connectivity index (χ2v) is 7.24. The Bertz CT molecular complexity index is 587. The molecule has 132 valence electrons. The minimum Gasteiger partial charge on any atom is -0.444 e. The number of benzene rings is 1. The molecule has 0 bridgehead atoms. The van der Waals surface area contributed by atoms with E-state index in [0.29, 0.717) is 24.6 Å². The molecule has 3 N–H and O–H groups in total. The van der Waals surface area contributed by atoms with Crippen molar-refractivity contribution in [3.05, 3.63) is 29.8 Å². The zero-order valence-corrected chi connectivity index (χ0v) is 14.7. The van der Waals surface area contributed by atoms with Gasteiger partial charge < -0.3 is 20.7 Å². The predicted octanol–water partition coefficient (Wildman–Crippen LogP) is 2.84. The molecule has 2 amide bonds. The Morgan fingerprint density at radius 3 is 2.54 bits per heavy atom. The van der Waals surface area contributed by atoms with Crippen molar-refractivity contribution in [3.63, 3.8) is 0 Å². The lowest BCUT2D eigenvalue weighted by Crippen LogP contribution is -2.42. The fourth-order valence-electron chi connectivity index (χ4n) is 2.69. The maximum atomic E-state index is 12.0. The highest BCUT2D eigenvalue weighted by molar-refractivity contribution is 5.93. The maximum absolute atomic E-state index is 12.0. The van der Waals surface area contributed by atoms with Gasteiger partial charge in [0.25, 0.3) is 0 Å². The summed E-state index contributed by atoms with van der Waals surface area (Å²) >= 11 is 0. The van der Waals surface area contributed by atoms with E-state index < -0.39 is 11.5 Å². The molecule has 6 heteroatoms. The van der Waals surface area contributed by atoms with Crippen molar-refractivity contribution >= 4 is 17.7 Å². The number of primary amides is 1. The van der Waals surface area contributed by atoms with Gasteiger partial charge in [0.1, 0.15) is 5.60 Å². The Morgan fingerprint density at radius 1 is 1.29 bits per heavy atom. The monoisotopic (exact) mass is 333 g/mol. The van der Waals surface area contributed by atoms with E-state index >= 15 is 0 Å². The van der Waals surface area contributed by atoms with Crippen LogP contribution in [0.15, 0.2) is 24.3 Å². The fraction of sp³-hybridized carbons (Fsp3) is 0.556. The van der Waals surface area contributed by atoms with Crippen molar-refractivity contribution in [1.29, 1.82) is 0 Å². The topological polar surface area (TPSA) is 84.7 Å². The van der Waals surface area contributed by atoms with Crippen LogP contribution in [-0.4, -0.2) is 42.1 Å². The van der Waals surface area contributed by atoms with Crippen LogP contribution in [0.1, 0.15) is 44.0 Å². The molecule has 0 saturated carbocycles. The second kappa shape index (κ2) is 7.55. The third kappa shape index (κ3) is 5.44. The Kier molecular flexibility index (Phi) is 5.70. The molecule has 1 saturated heterocycles. The number of carbonyl (C=O) groups excluding carboxylic acids is 2. The van der Waals surface area contributed by atoms with Crippen molar-refractivity contribution in [2.75, 3.05) is 25.0 Å². The molecular formula is C18H27N3O3. The summed E-state index contributed by atoms with van der Waals surface area (Å²) < 4.78 is 5.40. The summed E-state index contributed by atoms with van der Waals surface area (Å²) in [6.45, 7) is 7.86. The van der Waals surface area contributed by atoms with Crippen LogP contribution in [-0.2, 0) is 4.74 Å². The molecule has 0 radical (unpaired) electrons. The van der Waals surface area contributed by atoms with Crippen molar-refractivity contribution in [2.24, 2.45) is 11.7 Å². The van der Waals surface area contributed by atoms with E-state index in [1.807, 2.05) is 32.9 Å². The van der Waals surface area contributed by atoms with Gasteiger partial charge in [0, 0.05) is 30.9 Å². The third-order valence-electron chi connectivity index (χ3n) is 4.01. The molecule has 0 spiro atoms. The van der Waals surface area contributed by atoms with Gasteiger partial charge >= 0.3 is 6.09 Å². The summed E-state index contributed by atoms with van der Waals surface area (Å²) in [6, 6.07) is 7.20. The van der Waals surface area contributed by atoms with Crippen molar-refractivity contribution in [3.8, 4) is 0 Å². The summed E-state index contributed by atoms with van der Waals surface area (Å²) in [7, 11) is 0. The molecular weight excluding hydrogens is 306 g/mol. The van der Waals surface area contributed by atoms with Crippen LogP contribution in [0.4, 0.5) is 10.5 Å². The van der Waals surface area contributed by atoms with Crippen LogP contribution < -0.4 is 11.1 Å². The van der Waals surface area contributed by atoms with Gasteiger partial charge in [0.2, 0.25) is 5.91 Å². The standard InChI is InChI=1S/C18H27N3O3/c1-18(2,3)24-17(23)21-9-7-13(8-10-21)12-20-15-6-4-5-14(11-15)16(19)22/h4-6,11,13,20H,7-10,12H2,1-3H3,(H2,19,22). The van der Waals surface area contributed by atoms with Crippen LogP contribution in [0.2, 0.25) is 0 Å². The van der Waals surface area contributed by atoms with E-state index in [-0.39, 0.29) is 6.09 Å². The van der Waals surface area contributed by atoms with Crippen molar-refractivity contribution in [2.45, 2.75) is 39.2 Å². The summed E-state index contributed by atoms with van der Waals surface area (Å²) in [5.41, 5.74) is 6.22. The third-order valence-corrected chi connectivity index (χ3v) is 4.01. The molecule has 1 fully saturated rings. The van der Waals surface area contributed by atoms with Gasteiger partial charge in [-0.25, -0.2) is 4.79 Å². The summed E-state index contributed by atoms with van der Waals surface area (Å²) in [5, 5.41) is 3.35. The van der Waals surface area contributed by atoms with Gasteiger partial charge in [0.05, 0.1) is 0 Å². The molecule has 1 aliphatic heterocycles. The quantitative estimate of drug-likeness (QED) is 0.887. The summed E-state index contributed by atoms with van der Waals surface area (Å²) in [6.07, 6.45) is 1.63. The normalized spacial score (nSPS) is 15.9. The zero-order valence-electron chi connectivity index (χ0n) is 14.7. The number of piperidine rings is 1. The Morgan fingerprint density at radius 2 is 1.96 bits per heavy atom. The summed E-state index contributed by atoms with van der Waals surface area (Å²) in [4.78, 5) is 25.0. The van der Waals surface area contributed by atoms with E-state index in [1.165, 1.54) is 0 Å². The first-order valence-electron chi connectivity index (χ1n) is 8.36. The van der Waals surface area contributed by atoms with Crippen LogP contribution in [0.25, 0.3) is 0 Å². The summed E-state index contributed by atoms with van der Waals surface area (Å²) in [5.74, 6) is 0.0604. The van der Waals surface area contributed by atoms with Gasteiger partial charge in [-0.1, -0.05) is 6.07 Å². The van der Waals surface area contributed by atoms with E-state index in [1.54, 1.807) is 17.0 Å². The molecule has 0 aliphatic carbocycles. The number of carbonyl (C=O) groups is 2. The molecule has 2 rings (SSSR count). The maximum Gasteiger partial charge on any atom is 0.410 e. The smallest absolute Gasteiger partial charge is 0.410 e. The van der Waals surface area contributed by atoms with Gasteiger partial charge in [-0.2, -0.15) is 0 Å². The van der Waals surface area contributed by atoms with Crippen LogP contribution >= 0.6 is 0 Å². The first kappa shape index (κ1) is 18.1. The first-order valence-corrected chi connectivity index (χ1v) is 8.36. The molecule has 0 aromatic heterocycles. The number of ether oxygens (including phenoxy) is 1. The highest BCUT2D eigenvalue weighted by Gasteiger charge is 2.26. The zero-order chi connectivity index (χ0) is 17.7. The van der Waals surface area contributed by atoms with Gasteiger partial charge in [-0.05, 0) is 57.7 Å².